The summed E-state index contributed by atoms with van der Waals surface area (Å²) in [7, 11) is 6.54. The van der Waals surface area contributed by atoms with Crippen LogP contribution in [-0.2, 0) is 14.9 Å². The van der Waals surface area contributed by atoms with Crippen molar-refractivity contribution in [2.75, 3.05) is 34.9 Å². The van der Waals surface area contributed by atoms with Crippen LogP contribution in [0.4, 0.5) is 0 Å². The van der Waals surface area contributed by atoms with E-state index in [1.165, 1.54) is 7.11 Å². The topological polar surface area (TPSA) is 101 Å². The number of rotatable bonds is 14. The van der Waals surface area contributed by atoms with E-state index in [-0.39, 0.29) is 12.0 Å². The fraction of sp³-hybridized carbons (Fsp3) is 0.500. The van der Waals surface area contributed by atoms with E-state index < -0.39 is 17.7 Å². The summed E-state index contributed by atoms with van der Waals surface area (Å²) < 4.78 is 21.0. The maximum atomic E-state index is 11.1. The zero-order valence-electron chi connectivity index (χ0n) is 22.3. The quantitative estimate of drug-likeness (QED) is 0.362. The van der Waals surface area contributed by atoms with Gasteiger partial charge in [-0.05, 0) is 74.7 Å². The van der Waals surface area contributed by atoms with E-state index in [0.717, 1.165) is 24.1 Å². The third-order valence-electron chi connectivity index (χ3n) is 6.85. The Labute approximate surface area is 214 Å². The minimum Gasteiger partial charge on any atom is -0.493 e. The lowest BCUT2D eigenvalue weighted by Gasteiger charge is -2.33. The second kappa shape index (κ2) is 13.1. The number of carbonyl (C=O) groups is 1. The smallest absolute Gasteiger partial charge is 0.373 e. The van der Waals surface area contributed by atoms with Gasteiger partial charge in [-0.25, -0.2) is 4.79 Å². The minimum absolute atomic E-state index is 0.109. The molecule has 2 rings (SSSR count). The molecule has 0 aliphatic rings. The van der Waals surface area contributed by atoms with E-state index in [0.29, 0.717) is 23.7 Å². The van der Waals surface area contributed by atoms with E-state index in [1.54, 1.807) is 26.4 Å². The van der Waals surface area contributed by atoms with Crippen molar-refractivity contribution in [2.45, 2.75) is 51.4 Å². The van der Waals surface area contributed by atoms with E-state index in [1.807, 2.05) is 30.3 Å². The first-order chi connectivity index (χ1) is 17.1. The molecule has 0 radical (unpaired) electrons. The first-order valence-electron chi connectivity index (χ1n) is 12.0. The SMILES string of the molecule is COc1ccc(C(C#N)(CCCN(C)C(C)c2ccc(OC(OC)C(=O)O)cc2)C(C)C)cc1OC. The maximum Gasteiger partial charge on any atom is 0.373 e. The zero-order chi connectivity index (χ0) is 26.9. The highest BCUT2D eigenvalue weighted by atomic mass is 16.7. The van der Waals surface area contributed by atoms with Crippen LogP contribution >= 0.6 is 0 Å². The highest BCUT2D eigenvalue weighted by molar-refractivity contribution is 5.71. The van der Waals surface area contributed by atoms with Gasteiger partial charge < -0.3 is 24.1 Å². The molecule has 2 aromatic carbocycles. The van der Waals surface area contributed by atoms with Crippen LogP contribution < -0.4 is 14.2 Å². The van der Waals surface area contributed by atoms with Crippen LogP contribution in [0.5, 0.6) is 17.2 Å². The lowest BCUT2D eigenvalue weighted by atomic mass is 9.69. The second-order valence-corrected chi connectivity index (χ2v) is 9.16. The molecule has 3 atom stereocenters. The third kappa shape index (κ3) is 6.68. The van der Waals surface area contributed by atoms with Crippen LogP contribution in [0.1, 0.15) is 50.8 Å². The van der Waals surface area contributed by atoms with Gasteiger partial charge in [0, 0.05) is 13.2 Å². The molecule has 0 saturated heterocycles. The van der Waals surface area contributed by atoms with Gasteiger partial charge in [-0.2, -0.15) is 5.26 Å². The molecule has 8 heteroatoms. The zero-order valence-corrected chi connectivity index (χ0v) is 22.3. The Kier molecular flexibility index (Phi) is 10.6. The van der Waals surface area contributed by atoms with E-state index >= 15 is 0 Å². The lowest BCUT2D eigenvalue weighted by Crippen LogP contribution is -2.32. The number of methoxy groups -OCH3 is 3. The molecule has 0 bridgehead atoms. The molecule has 0 spiro atoms. The van der Waals surface area contributed by atoms with Crippen molar-refractivity contribution in [2.24, 2.45) is 5.92 Å². The molecule has 0 fully saturated rings. The molecule has 3 unspecified atom stereocenters. The van der Waals surface area contributed by atoms with Crippen LogP contribution in [0.3, 0.4) is 0 Å². The van der Waals surface area contributed by atoms with Crippen LogP contribution in [-0.4, -0.2) is 57.2 Å². The monoisotopic (exact) mass is 498 g/mol. The van der Waals surface area contributed by atoms with Gasteiger partial charge in [0.1, 0.15) is 5.75 Å². The van der Waals surface area contributed by atoms with Gasteiger partial charge >= 0.3 is 5.97 Å². The molecule has 0 heterocycles. The number of ether oxygens (including phenoxy) is 4. The number of aliphatic carboxylic acids is 1. The summed E-state index contributed by atoms with van der Waals surface area (Å²) in [6.45, 7) is 7.07. The Morgan fingerprint density at radius 2 is 1.69 bits per heavy atom. The molecule has 0 aromatic heterocycles. The van der Waals surface area contributed by atoms with Gasteiger partial charge in [0.05, 0.1) is 25.7 Å². The van der Waals surface area contributed by atoms with Crippen molar-refractivity contribution in [3.05, 3.63) is 53.6 Å². The molecule has 2 aromatic rings. The van der Waals surface area contributed by atoms with Crippen LogP contribution in [0.2, 0.25) is 0 Å². The number of carboxylic acids is 1. The molecule has 1 N–H and O–H groups in total. The van der Waals surface area contributed by atoms with Crippen molar-refractivity contribution in [1.82, 2.24) is 4.90 Å². The van der Waals surface area contributed by atoms with E-state index in [9.17, 15) is 10.1 Å². The molecular formula is C28H38N2O6. The summed E-state index contributed by atoms with van der Waals surface area (Å²) in [5, 5.41) is 19.4. The summed E-state index contributed by atoms with van der Waals surface area (Å²) >= 11 is 0. The van der Waals surface area contributed by atoms with Gasteiger partial charge in [0.2, 0.25) is 0 Å². The number of nitriles is 1. The normalized spacial score (nSPS) is 14.6. The highest BCUT2D eigenvalue weighted by Crippen LogP contribution is 2.40. The molecule has 8 nitrogen and oxygen atoms in total. The Morgan fingerprint density at radius 1 is 1.06 bits per heavy atom. The van der Waals surface area contributed by atoms with Crippen molar-refractivity contribution in [1.29, 1.82) is 5.26 Å². The predicted octanol–water partition coefficient (Wildman–Crippen LogP) is 5.03. The van der Waals surface area contributed by atoms with Gasteiger partial charge in [-0.15, -0.1) is 0 Å². The summed E-state index contributed by atoms with van der Waals surface area (Å²) in [6.07, 6.45) is 0.188. The third-order valence-corrected chi connectivity index (χ3v) is 6.85. The number of nitrogens with zero attached hydrogens (tertiary/aromatic N) is 2. The second-order valence-electron chi connectivity index (χ2n) is 9.16. The van der Waals surface area contributed by atoms with Gasteiger partial charge in [0.15, 0.2) is 11.5 Å². The molecule has 0 amide bonds. The largest absolute Gasteiger partial charge is 0.493 e. The average molecular weight is 499 g/mol. The minimum atomic E-state index is -1.34. The van der Waals surface area contributed by atoms with Crippen molar-refractivity contribution < 1.29 is 28.8 Å². The molecular weight excluding hydrogens is 460 g/mol. The first kappa shape index (κ1) is 29.0. The predicted molar refractivity (Wildman–Crippen MR) is 137 cm³/mol. The van der Waals surface area contributed by atoms with Crippen LogP contribution in [0, 0.1) is 17.2 Å². The fourth-order valence-corrected chi connectivity index (χ4v) is 4.33. The molecule has 0 aliphatic heterocycles. The summed E-state index contributed by atoms with van der Waals surface area (Å²) in [4.78, 5) is 13.3. The Morgan fingerprint density at radius 3 is 2.19 bits per heavy atom. The Hall–Kier alpha value is -3.28. The van der Waals surface area contributed by atoms with Crippen LogP contribution in [0.25, 0.3) is 0 Å². The molecule has 196 valence electrons. The number of benzene rings is 2. The fourth-order valence-electron chi connectivity index (χ4n) is 4.33. The Balaban J connectivity index is 2.08. The summed E-state index contributed by atoms with van der Waals surface area (Å²) in [5.41, 5.74) is 1.36. The first-order valence-corrected chi connectivity index (χ1v) is 12.0. The van der Waals surface area contributed by atoms with E-state index in [2.05, 4.69) is 38.8 Å². The van der Waals surface area contributed by atoms with Crippen molar-refractivity contribution in [3.8, 4) is 23.3 Å². The van der Waals surface area contributed by atoms with E-state index in [4.69, 9.17) is 24.1 Å². The number of hydrogen-bond acceptors (Lipinski definition) is 7. The molecule has 36 heavy (non-hydrogen) atoms. The highest BCUT2D eigenvalue weighted by Gasteiger charge is 2.36. The number of carboxylic acid groups (broad SMARTS) is 1. The van der Waals surface area contributed by atoms with Gasteiger partial charge in [0.25, 0.3) is 6.29 Å². The maximum absolute atomic E-state index is 11.1. The summed E-state index contributed by atoms with van der Waals surface area (Å²) in [6, 6.07) is 15.8. The van der Waals surface area contributed by atoms with Gasteiger partial charge in [-0.1, -0.05) is 32.0 Å². The lowest BCUT2D eigenvalue weighted by molar-refractivity contribution is -0.166. The summed E-state index contributed by atoms with van der Waals surface area (Å²) in [5.74, 6) is 0.611. The average Bonchev–Trinajstić information content (AvgIpc) is 2.88. The number of hydrogen-bond donors (Lipinski definition) is 1. The van der Waals surface area contributed by atoms with Crippen molar-refractivity contribution in [3.63, 3.8) is 0 Å². The Bertz CT molecular complexity index is 1030. The van der Waals surface area contributed by atoms with Crippen LogP contribution in [0.15, 0.2) is 42.5 Å². The van der Waals surface area contributed by atoms with Crippen molar-refractivity contribution >= 4 is 5.97 Å². The molecule has 0 saturated carbocycles. The van der Waals surface area contributed by atoms with Gasteiger partial charge in [-0.3, -0.25) is 4.90 Å². The standard InChI is InChI=1S/C28H38N2O6/c1-19(2)28(18-29,22-11-14-24(33-5)25(17-22)34-6)15-8-16-30(4)20(3)21-9-12-23(13-10-21)36-27(35-7)26(31)32/h9-14,17,19-20,27H,8,15-16H2,1-7H3,(H,31,32). The molecule has 0 aliphatic carbocycles.